The van der Waals surface area contributed by atoms with Gasteiger partial charge in [-0.3, -0.25) is 9.10 Å². The predicted molar refractivity (Wildman–Crippen MR) is 126 cm³/mol. The van der Waals surface area contributed by atoms with Gasteiger partial charge in [-0.2, -0.15) is 0 Å². The molecule has 34 heavy (non-hydrogen) atoms. The number of likely N-dealkylation sites (N-methyl/N-ethyl adjacent to an activating group) is 1. The molecule has 0 bridgehead atoms. The number of anilines is 1. The van der Waals surface area contributed by atoms with Crippen LogP contribution in [0.3, 0.4) is 0 Å². The van der Waals surface area contributed by atoms with Crippen LogP contribution in [0.5, 0.6) is 0 Å². The molecule has 2 aromatic carbocycles. The largest absolute Gasteiger partial charge is 0.452 e. The molecular formula is C23H26N2O7S2. The molecule has 0 N–H and O–H groups in total. The van der Waals surface area contributed by atoms with E-state index in [1.54, 1.807) is 19.1 Å². The molecule has 0 saturated carbocycles. The molecule has 1 saturated heterocycles. The van der Waals surface area contributed by atoms with Crippen molar-refractivity contribution in [1.82, 2.24) is 4.90 Å². The summed E-state index contributed by atoms with van der Waals surface area (Å²) in [6, 6.07) is 12.4. The molecule has 0 aliphatic carbocycles. The van der Waals surface area contributed by atoms with Crippen LogP contribution in [0.4, 0.5) is 5.69 Å². The number of esters is 1. The number of benzene rings is 2. The molecule has 1 amide bonds. The molecule has 0 spiro atoms. The van der Waals surface area contributed by atoms with Gasteiger partial charge in [0.15, 0.2) is 16.4 Å². The molecular weight excluding hydrogens is 480 g/mol. The lowest BCUT2D eigenvalue weighted by molar-refractivity contribution is -0.136. The maximum atomic E-state index is 13.2. The zero-order valence-electron chi connectivity index (χ0n) is 18.7. The van der Waals surface area contributed by atoms with Crippen molar-refractivity contribution < 1.29 is 31.2 Å². The second-order valence-electron chi connectivity index (χ2n) is 8.30. The SMILES string of the molecule is CCN(C(=O)COC(=O)c1cccc(S(=O)(=O)N2CCc3ccccc32)c1)C1CCS(=O)(=O)C1. The van der Waals surface area contributed by atoms with Gasteiger partial charge in [-0.05, 0) is 49.6 Å². The highest BCUT2D eigenvalue weighted by Gasteiger charge is 2.34. The minimum Gasteiger partial charge on any atom is -0.452 e. The highest BCUT2D eigenvalue weighted by molar-refractivity contribution is 7.93. The summed E-state index contributed by atoms with van der Waals surface area (Å²) in [4.78, 5) is 26.5. The number of sulfonamides is 1. The van der Waals surface area contributed by atoms with Crippen LogP contribution in [-0.2, 0) is 35.8 Å². The number of sulfone groups is 1. The molecule has 11 heteroatoms. The van der Waals surface area contributed by atoms with E-state index in [9.17, 15) is 26.4 Å². The van der Waals surface area contributed by atoms with Crippen molar-refractivity contribution in [2.45, 2.75) is 30.7 Å². The Morgan fingerprint density at radius 2 is 1.91 bits per heavy atom. The summed E-state index contributed by atoms with van der Waals surface area (Å²) >= 11 is 0. The average Bonchev–Trinajstić information content (AvgIpc) is 3.41. The first-order valence-electron chi connectivity index (χ1n) is 11.0. The maximum Gasteiger partial charge on any atom is 0.338 e. The molecule has 1 unspecified atom stereocenters. The molecule has 0 aromatic heterocycles. The minimum absolute atomic E-state index is 0.00727. The summed E-state index contributed by atoms with van der Waals surface area (Å²) in [7, 11) is -7.05. The van der Waals surface area contributed by atoms with E-state index >= 15 is 0 Å². The predicted octanol–water partition coefficient (Wildman–Crippen LogP) is 1.63. The fourth-order valence-electron chi connectivity index (χ4n) is 4.42. The second-order valence-corrected chi connectivity index (χ2v) is 12.4. The van der Waals surface area contributed by atoms with Crippen molar-refractivity contribution in [2.75, 3.05) is 35.5 Å². The lowest BCUT2D eigenvalue weighted by Crippen LogP contribution is -2.43. The molecule has 9 nitrogen and oxygen atoms in total. The third-order valence-electron chi connectivity index (χ3n) is 6.14. The van der Waals surface area contributed by atoms with E-state index in [-0.39, 0.29) is 22.0 Å². The summed E-state index contributed by atoms with van der Waals surface area (Å²) in [5.41, 5.74) is 1.57. The fraction of sp³-hybridized carbons (Fsp3) is 0.391. The zero-order valence-corrected chi connectivity index (χ0v) is 20.3. The lowest BCUT2D eigenvalue weighted by Gasteiger charge is -2.26. The van der Waals surface area contributed by atoms with Gasteiger partial charge in [-0.1, -0.05) is 24.3 Å². The Hall–Kier alpha value is -2.92. The van der Waals surface area contributed by atoms with Gasteiger partial charge in [0.25, 0.3) is 15.9 Å². The maximum absolute atomic E-state index is 13.2. The van der Waals surface area contributed by atoms with Crippen LogP contribution in [0.2, 0.25) is 0 Å². The van der Waals surface area contributed by atoms with E-state index in [0.29, 0.717) is 31.6 Å². The minimum atomic E-state index is -3.89. The smallest absolute Gasteiger partial charge is 0.338 e. The van der Waals surface area contributed by atoms with Crippen molar-refractivity contribution in [2.24, 2.45) is 0 Å². The number of nitrogens with zero attached hydrogens (tertiary/aromatic N) is 2. The lowest BCUT2D eigenvalue weighted by atomic mass is 10.2. The van der Waals surface area contributed by atoms with Crippen LogP contribution >= 0.6 is 0 Å². The molecule has 4 rings (SSSR count). The molecule has 1 fully saturated rings. The standard InChI is InChI=1S/C23H26N2O7S2/c1-2-24(19-11-13-33(28,29)16-19)22(26)15-32-23(27)18-7-5-8-20(14-18)34(30,31)25-12-10-17-6-3-4-9-21(17)25/h3-9,14,19H,2,10-13,15-16H2,1H3. The van der Waals surface area contributed by atoms with E-state index in [1.165, 1.54) is 33.5 Å². The number of amides is 1. The van der Waals surface area contributed by atoms with Crippen LogP contribution in [0.25, 0.3) is 0 Å². The number of carbonyl (C=O) groups excluding carboxylic acids is 2. The average molecular weight is 507 g/mol. The fourth-order valence-corrected chi connectivity index (χ4v) is 7.70. The van der Waals surface area contributed by atoms with E-state index in [1.807, 2.05) is 12.1 Å². The Kier molecular flexibility index (Phi) is 6.68. The summed E-state index contributed by atoms with van der Waals surface area (Å²) in [5.74, 6) is -1.39. The van der Waals surface area contributed by atoms with E-state index in [4.69, 9.17) is 4.74 Å². The number of fused-ring (bicyclic) bond motifs is 1. The third-order valence-corrected chi connectivity index (χ3v) is 9.70. The first kappa shape index (κ1) is 24.2. The molecule has 0 radical (unpaired) electrons. The van der Waals surface area contributed by atoms with Crippen LogP contribution < -0.4 is 4.31 Å². The highest BCUT2D eigenvalue weighted by Crippen LogP contribution is 2.32. The Morgan fingerprint density at radius 3 is 2.62 bits per heavy atom. The van der Waals surface area contributed by atoms with Gasteiger partial charge in [-0.25, -0.2) is 21.6 Å². The Balaban J connectivity index is 1.45. The number of para-hydroxylation sites is 1. The van der Waals surface area contributed by atoms with Crippen molar-refractivity contribution in [3.8, 4) is 0 Å². The molecule has 2 heterocycles. The van der Waals surface area contributed by atoms with Gasteiger partial charge in [0.1, 0.15) is 0 Å². The summed E-state index contributed by atoms with van der Waals surface area (Å²) < 4.78 is 56.4. The molecule has 2 aliphatic heterocycles. The normalized spacial score (nSPS) is 19.0. The highest BCUT2D eigenvalue weighted by atomic mass is 32.2. The van der Waals surface area contributed by atoms with Gasteiger partial charge >= 0.3 is 5.97 Å². The first-order valence-corrected chi connectivity index (χ1v) is 14.3. The number of hydrogen-bond donors (Lipinski definition) is 0. The molecule has 1 atom stereocenters. The van der Waals surface area contributed by atoms with Gasteiger partial charge in [-0.15, -0.1) is 0 Å². The summed E-state index contributed by atoms with van der Waals surface area (Å²) in [6.07, 6.45) is 0.963. The molecule has 2 aliphatic rings. The molecule has 182 valence electrons. The Morgan fingerprint density at radius 1 is 1.15 bits per heavy atom. The summed E-state index contributed by atoms with van der Waals surface area (Å²) in [6.45, 7) is 1.78. The van der Waals surface area contributed by atoms with Gasteiger partial charge in [0, 0.05) is 19.1 Å². The monoisotopic (exact) mass is 506 g/mol. The number of ether oxygens (including phenoxy) is 1. The van der Waals surface area contributed by atoms with Gasteiger partial charge in [0.2, 0.25) is 0 Å². The number of carbonyl (C=O) groups is 2. The first-order chi connectivity index (χ1) is 16.1. The van der Waals surface area contributed by atoms with E-state index < -0.39 is 44.4 Å². The quantitative estimate of drug-likeness (QED) is 0.524. The zero-order chi connectivity index (χ0) is 24.5. The van der Waals surface area contributed by atoms with Crippen molar-refractivity contribution in [3.05, 3.63) is 59.7 Å². The summed E-state index contributed by atoms with van der Waals surface area (Å²) in [5, 5.41) is 0. The van der Waals surface area contributed by atoms with Crippen molar-refractivity contribution in [3.63, 3.8) is 0 Å². The van der Waals surface area contributed by atoms with Crippen LogP contribution in [-0.4, -0.2) is 70.9 Å². The second kappa shape index (κ2) is 9.38. The Labute approximate surface area is 199 Å². The number of rotatable bonds is 7. The molecule has 2 aromatic rings. The van der Waals surface area contributed by atoms with Crippen LogP contribution in [0.15, 0.2) is 53.4 Å². The topological polar surface area (TPSA) is 118 Å². The number of hydrogen-bond acceptors (Lipinski definition) is 7. The van der Waals surface area contributed by atoms with Crippen molar-refractivity contribution in [1.29, 1.82) is 0 Å². The van der Waals surface area contributed by atoms with Gasteiger partial charge < -0.3 is 9.64 Å². The van der Waals surface area contributed by atoms with E-state index in [0.717, 1.165) is 5.56 Å². The third kappa shape index (κ3) is 4.80. The van der Waals surface area contributed by atoms with E-state index in [2.05, 4.69) is 0 Å². The van der Waals surface area contributed by atoms with Crippen molar-refractivity contribution >= 4 is 37.4 Å². The van der Waals surface area contributed by atoms with Crippen LogP contribution in [0, 0.1) is 0 Å². The van der Waals surface area contributed by atoms with Gasteiger partial charge in [0.05, 0.1) is 27.7 Å². The van der Waals surface area contributed by atoms with Crippen LogP contribution in [0.1, 0.15) is 29.3 Å². The Bertz CT molecular complexity index is 1320.